The van der Waals surface area contributed by atoms with Crippen molar-refractivity contribution in [3.8, 4) is 0 Å². The Bertz CT molecular complexity index is 343. The zero-order chi connectivity index (χ0) is 14.3. The van der Waals surface area contributed by atoms with Crippen molar-refractivity contribution in [1.82, 2.24) is 9.88 Å². The molecule has 0 aliphatic rings. The van der Waals surface area contributed by atoms with E-state index in [1.165, 1.54) is 0 Å². The standard InChI is InChI=1S/C16H28N2O/c1-13(2)7-10-18(11-8-14(3)4)12-16(19)15-6-5-9-17-15/h5-6,9,13-14,17H,7-8,10-12H2,1-4H3. The van der Waals surface area contributed by atoms with Crippen molar-refractivity contribution in [1.29, 1.82) is 0 Å². The first kappa shape index (κ1) is 16.0. The van der Waals surface area contributed by atoms with Crippen LogP contribution in [0.25, 0.3) is 0 Å². The van der Waals surface area contributed by atoms with Crippen molar-refractivity contribution in [2.24, 2.45) is 11.8 Å². The summed E-state index contributed by atoms with van der Waals surface area (Å²) in [7, 11) is 0. The number of nitrogens with zero attached hydrogens (tertiary/aromatic N) is 1. The van der Waals surface area contributed by atoms with Crippen molar-refractivity contribution in [3.63, 3.8) is 0 Å². The minimum atomic E-state index is 0.192. The number of Topliss-reactive ketones (excluding diaryl/α,β-unsaturated/α-hetero) is 1. The highest BCUT2D eigenvalue weighted by molar-refractivity contribution is 5.95. The zero-order valence-electron chi connectivity index (χ0n) is 12.8. The van der Waals surface area contributed by atoms with Gasteiger partial charge in [0, 0.05) is 6.20 Å². The quantitative estimate of drug-likeness (QED) is 0.692. The molecule has 0 bridgehead atoms. The fraction of sp³-hybridized carbons (Fsp3) is 0.688. The topological polar surface area (TPSA) is 36.1 Å². The third-order valence-electron chi connectivity index (χ3n) is 3.31. The van der Waals surface area contributed by atoms with E-state index in [1.807, 2.05) is 12.1 Å². The smallest absolute Gasteiger partial charge is 0.192 e. The van der Waals surface area contributed by atoms with E-state index in [0.29, 0.717) is 18.4 Å². The Morgan fingerprint density at radius 2 is 1.74 bits per heavy atom. The highest BCUT2D eigenvalue weighted by Crippen LogP contribution is 2.08. The highest BCUT2D eigenvalue weighted by atomic mass is 16.1. The van der Waals surface area contributed by atoms with Crippen LogP contribution in [0, 0.1) is 11.8 Å². The van der Waals surface area contributed by atoms with Crippen LogP contribution < -0.4 is 0 Å². The number of carbonyl (C=O) groups excluding carboxylic acids is 1. The van der Waals surface area contributed by atoms with E-state index in [0.717, 1.165) is 31.6 Å². The van der Waals surface area contributed by atoms with E-state index in [-0.39, 0.29) is 5.78 Å². The number of aromatic amines is 1. The van der Waals surface area contributed by atoms with Gasteiger partial charge in [0.2, 0.25) is 0 Å². The molecule has 1 aromatic heterocycles. The molecule has 0 fully saturated rings. The molecule has 0 aliphatic carbocycles. The summed E-state index contributed by atoms with van der Waals surface area (Å²) in [5.41, 5.74) is 0.721. The van der Waals surface area contributed by atoms with Crippen molar-refractivity contribution in [2.75, 3.05) is 19.6 Å². The molecule has 1 rings (SSSR count). The predicted octanol–water partition coefficient (Wildman–Crippen LogP) is 3.59. The molecule has 1 N–H and O–H groups in total. The first-order valence-corrected chi connectivity index (χ1v) is 7.38. The fourth-order valence-electron chi connectivity index (χ4n) is 1.94. The molecule has 3 nitrogen and oxygen atoms in total. The van der Waals surface area contributed by atoms with Crippen molar-refractivity contribution in [3.05, 3.63) is 24.0 Å². The Kier molecular flexibility index (Phi) is 6.85. The number of hydrogen-bond donors (Lipinski definition) is 1. The highest BCUT2D eigenvalue weighted by Gasteiger charge is 2.14. The maximum Gasteiger partial charge on any atom is 0.192 e. The van der Waals surface area contributed by atoms with Crippen LogP contribution in [0.15, 0.2) is 18.3 Å². The molecule has 19 heavy (non-hydrogen) atoms. The molecule has 0 saturated heterocycles. The SMILES string of the molecule is CC(C)CCN(CCC(C)C)CC(=O)c1ccc[nH]1. The van der Waals surface area contributed by atoms with Gasteiger partial charge < -0.3 is 4.98 Å². The average Bonchev–Trinajstić information content (AvgIpc) is 2.85. The lowest BCUT2D eigenvalue weighted by Crippen LogP contribution is -2.33. The largest absolute Gasteiger partial charge is 0.359 e. The molecule has 3 heteroatoms. The summed E-state index contributed by atoms with van der Waals surface area (Å²) in [5.74, 6) is 1.56. The van der Waals surface area contributed by atoms with Gasteiger partial charge in [-0.3, -0.25) is 9.69 Å². The summed E-state index contributed by atoms with van der Waals surface area (Å²) < 4.78 is 0. The van der Waals surface area contributed by atoms with Crippen LogP contribution in [0.2, 0.25) is 0 Å². The fourth-order valence-corrected chi connectivity index (χ4v) is 1.94. The van der Waals surface area contributed by atoms with Crippen LogP contribution in [-0.4, -0.2) is 35.3 Å². The molecule has 1 heterocycles. The first-order valence-electron chi connectivity index (χ1n) is 7.38. The minimum Gasteiger partial charge on any atom is -0.359 e. The molecular weight excluding hydrogens is 236 g/mol. The average molecular weight is 264 g/mol. The van der Waals surface area contributed by atoms with Crippen LogP contribution in [0.5, 0.6) is 0 Å². The number of aromatic nitrogens is 1. The molecule has 0 unspecified atom stereocenters. The lowest BCUT2D eigenvalue weighted by Gasteiger charge is -2.23. The number of ketones is 1. The molecule has 0 radical (unpaired) electrons. The summed E-state index contributed by atoms with van der Waals surface area (Å²) in [6.07, 6.45) is 4.10. The lowest BCUT2D eigenvalue weighted by molar-refractivity contribution is 0.0918. The molecule has 0 saturated carbocycles. The van der Waals surface area contributed by atoms with Gasteiger partial charge in [-0.05, 0) is 49.9 Å². The summed E-state index contributed by atoms with van der Waals surface area (Å²) in [6.45, 7) is 11.5. The lowest BCUT2D eigenvalue weighted by atomic mass is 10.1. The second-order valence-electron chi connectivity index (χ2n) is 6.15. The van der Waals surface area contributed by atoms with E-state index >= 15 is 0 Å². The number of nitrogens with one attached hydrogen (secondary N) is 1. The van der Waals surface area contributed by atoms with Gasteiger partial charge in [0.05, 0.1) is 12.2 Å². The summed E-state index contributed by atoms with van der Waals surface area (Å²) in [6, 6.07) is 3.73. The third kappa shape index (κ3) is 6.58. The molecule has 0 atom stereocenters. The Hall–Kier alpha value is -1.09. The van der Waals surface area contributed by atoms with Gasteiger partial charge in [0.1, 0.15) is 0 Å². The Labute approximate surface area is 117 Å². The molecule has 108 valence electrons. The first-order chi connectivity index (χ1) is 8.99. The molecule has 1 aromatic rings. The van der Waals surface area contributed by atoms with Gasteiger partial charge in [-0.15, -0.1) is 0 Å². The van der Waals surface area contributed by atoms with E-state index in [4.69, 9.17) is 0 Å². The van der Waals surface area contributed by atoms with E-state index in [1.54, 1.807) is 6.20 Å². The molecule has 0 spiro atoms. The van der Waals surface area contributed by atoms with Crippen molar-refractivity contribution >= 4 is 5.78 Å². The number of hydrogen-bond acceptors (Lipinski definition) is 2. The summed E-state index contributed by atoms with van der Waals surface area (Å²) in [5, 5.41) is 0. The summed E-state index contributed by atoms with van der Waals surface area (Å²) in [4.78, 5) is 17.4. The zero-order valence-corrected chi connectivity index (χ0v) is 12.8. The van der Waals surface area contributed by atoms with Crippen LogP contribution in [0.4, 0.5) is 0 Å². The Morgan fingerprint density at radius 1 is 1.16 bits per heavy atom. The van der Waals surface area contributed by atoms with Crippen LogP contribution in [0.3, 0.4) is 0 Å². The van der Waals surface area contributed by atoms with Gasteiger partial charge in [-0.2, -0.15) is 0 Å². The predicted molar refractivity (Wildman–Crippen MR) is 80.5 cm³/mol. The normalized spacial score (nSPS) is 11.7. The number of H-pyrrole nitrogens is 1. The molecular formula is C16H28N2O. The van der Waals surface area contributed by atoms with Crippen molar-refractivity contribution in [2.45, 2.75) is 40.5 Å². The Balaban J connectivity index is 2.49. The van der Waals surface area contributed by atoms with Crippen LogP contribution >= 0.6 is 0 Å². The van der Waals surface area contributed by atoms with Gasteiger partial charge in [0.15, 0.2) is 5.78 Å². The van der Waals surface area contributed by atoms with Crippen molar-refractivity contribution < 1.29 is 4.79 Å². The second-order valence-corrected chi connectivity index (χ2v) is 6.15. The van der Waals surface area contributed by atoms with Crippen LogP contribution in [-0.2, 0) is 0 Å². The molecule has 0 aromatic carbocycles. The maximum atomic E-state index is 12.1. The Morgan fingerprint density at radius 3 is 2.16 bits per heavy atom. The maximum absolute atomic E-state index is 12.1. The third-order valence-corrected chi connectivity index (χ3v) is 3.31. The second kappa shape index (κ2) is 8.16. The number of carbonyl (C=O) groups is 1. The molecule has 0 amide bonds. The minimum absolute atomic E-state index is 0.192. The van der Waals surface area contributed by atoms with E-state index in [2.05, 4.69) is 37.6 Å². The number of rotatable bonds is 9. The van der Waals surface area contributed by atoms with Gasteiger partial charge in [-0.1, -0.05) is 27.7 Å². The monoisotopic (exact) mass is 264 g/mol. The van der Waals surface area contributed by atoms with Gasteiger partial charge in [-0.25, -0.2) is 0 Å². The van der Waals surface area contributed by atoms with E-state index < -0.39 is 0 Å². The van der Waals surface area contributed by atoms with Gasteiger partial charge >= 0.3 is 0 Å². The molecule has 0 aliphatic heterocycles. The van der Waals surface area contributed by atoms with Gasteiger partial charge in [0.25, 0.3) is 0 Å². The van der Waals surface area contributed by atoms with Crippen LogP contribution in [0.1, 0.15) is 51.0 Å². The van der Waals surface area contributed by atoms with E-state index in [9.17, 15) is 4.79 Å². The summed E-state index contributed by atoms with van der Waals surface area (Å²) >= 11 is 0.